The lowest BCUT2D eigenvalue weighted by atomic mass is 10.0. The molecule has 1 aromatic carbocycles. The van der Waals surface area contributed by atoms with Crippen molar-refractivity contribution in [2.75, 3.05) is 0 Å². The Labute approximate surface area is 177 Å². The number of unbranched alkanes of at least 4 members (excludes halogenated alkanes) is 6. The molecule has 166 valence electrons. The molecule has 0 heterocycles. The first-order valence-electron chi connectivity index (χ1n) is 11.7. The third-order valence-corrected chi connectivity index (χ3v) is 5.45. The van der Waals surface area contributed by atoms with Gasteiger partial charge in [0.15, 0.2) is 0 Å². The molecule has 1 aromatic rings. The number of rotatable bonds is 19. The van der Waals surface area contributed by atoms with E-state index in [1.54, 1.807) is 0 Å². The number of ether oxygens (including phenoxy) is 1. The fourth-order valence-corrected chi connectivity index (χ4v) is 3.63. The van der Waals surface area contributed by atoms with Crippen molar-refractivity contribution in [2.24, 2.45) is 0 Å². The maximum absolute atomic E-state index is 10.5. The summed E-state index contributed by atoms with van der Waals surface area (Å²) in [6, 6.07) is 10.3. The summed E-state index contributed by atoms with van der Waals surface area (Å²) >= 11 is 0. The molecule has 0 aliphatic rings. The number of carboxylic acid groups (broad SMARTS) is 1. The van der Waals surface area contributed by atoms with Gasteiger partial charge in [0.05, 0.1) is 18.8 Å². The zero-order valence-electron chi connectivity index (χ0n) is 18.4. The molecule has 0 amide bonds. The van der Waals surface area contributed by atoms with Crippen LogP contribution < -0.4 is 0 Å². The molecule has 0 aliphatic carbocycles. The van der Waals surface area contributed by atoms with Crippen molar-refractivity contribution < 1.29 is 19.7 Å². The summed E-state index contributed by atoms with van der Waals surface area (Å²) < 4.78 is 6.21. The maximum Gasteiger partial charge on any atom is 0.303 e. The lowest BCUT2D eigenvalue weighted by molar-refractivity contribution is -0.137. The van der Waals surface area contributed by atoms with Gasteiger partial charge in [-0.05, 0) is 44.1 Å². The fraction of sp³-hybridized carbons (Fsp3) is 0.720. The molecule has 2 unspecified atom stereocenters. The summed E-state index contributed by atoms with van der Waals surface area (Å²) in [5, 5.41) is 18.9. The van der Waals surface area contributed by atoms with Gasteiger partial charge in [0.1, 0.15) is 0 Å². The number of aliphatic hydroxyl groups is 1. The molecule has 0 fully saturated rings. The third-order valence-electron chi connectivity index (χ3n) is 5.45. The number of aliphatic carboxylic acids is 1. The molecule has 4 heteroatoms. The number of hydrogen-bond acceptors (Lipinski definition) is 3. The lowest BCUT2D eigenvalue weighted by Gasteiger charge is -2.19. The second-order valence-corrected chi connectivity index (χ2v) is 8.20. The second kappa shape index (κ2) is 17.5. The van der Waals surface area contributed by atoms with E-state index in [2.05, 4.69) is 19.1 Å². The van der Waals surface area contributed by atoms with Crippen LogP contribution in [0.4, 0.5) is 0 Å². The van der Waals surface area contributed by atoms with Gasteiger partial charge in [-0.1, -0.05) is 82.2 Å². The quantitative estimate of drug-likeness (QED) is 0.257. The van der Waals surface area contributed by atoms with Crippen molar-refractivity contribution in [1.82, 2.24) is 0 Å². The van der Waals surface area contributed by atoms with E-state index in [0.29, 0.717) is 6.61 Å². The van der Waals surface area contributed by atoms with Gasteiger partial charge in [-0.2, -0.15) is 0 Å². The summed E-state index contributed by atoms with van der Waals surface area (Å²) in [5.74, 6) is -0.719. The van der Waals surface area contributed by atoms with Crippen molar-refractivity contribution >= 4 is 5.97 Å². The van der Waals surface area contributed by atoms with Crippen LogP contribution in [0.25, 0.3) is 0 Å². The number of hydrogen-bond donors (Lipinski definition) is 2. The molecule has 0 radical (unpaired) electrons. The highest BCUT2D eigenvalue weighted by atomic mass is 16.5. The first kappa shape index (κ1) is 25.6. The Morgan fingerprint density at radius 3 is 2.21 bits per heavy atom. The highest BCUT2D eigenvalue weighted by Crippen LogP contribution is 2.18. The minimum Gasteiger partial charge on any atom is -0.481 e. The van der Waals surface area contributed by atoms with E-state index in [1.807, 2.05) is 18.2 Å². The zero-order valence-corrected chi connectivity index (χ0v) is 18.4. The summed E-state index contributed by atoms with van der Waals surface area (Å²) in [4.78, 5) is 10.5. The molecule has 4 nitrogen and oxygen atoms in total. The average molecular weight is 407 g/mol. The second-order valence-electron chi connectivity index (χ2n) is 8.20. The van der Waals surface area contributed by atoms with E-state index in [1.165, 1.54) is 31.2 Å². The highest BCUT2D eigenvalue weighted by Gasteiger charge is 2.11. The summed E-state index contributed by atoms with van der Waals surface area (Å²) in [7, 11) is 0. The molecular weight excluding hydrogens is 364 g/mol. The first-order chi connectivity index (χ1) is 14.1. The number of carboxylic acids is 1. The van der Waals surface area contributed by atoms with Crippen molar-refractivity contribution in [3.8, 4) is 0 Å². The van der Waals surface area contributed by atoms with Gasteiger partial charge in [0, 0.05) is 6.42 Å². The lowest BCUT2D eigenvalue weighted by Crippen LogP contribution is -2.15. The van der Waals surface area contributed by atoms with Crippen LogP contribution in [0.1, 0.15) is 102 Å². The summed E-state index contributed by atoms with van der Waals surface area (Å²) in [5.41, 5.74) is 1.22. The van der Waals surface area contributed by atoms with E-state index in [-0.39, 0.29) is 18.6 Å². The van der Waals surface area contributed by atoms with E-state index in [9.17, 15) is 9.90 Å². The van der Waals surface area contributed by atoms with Crippen LogP contribution in [0.2, 0.25) is 0 Å². The molecule has 0 aromatic heterocycles. The van der Waals surface area contributed by atoms with Crippen molar-refractivity contribution in [1.29, 1.82) is 0 Å². The highest BCUT2D eigenvalue weighted by molar-refractivity contribution is 5.66. The Morgan fingerprint density at radius 2 is 1.48 bits per heavy atom. The Balaban J connectivity index is 2.20. The van der Waals surface area contributed by atoms with Gasteiger partial charge in [-0.25, -0.2) is 0 Å². The van der Waals surface area contributed by atoms with Crippen LogP contribution in [0.15, 0.2) is 30.3 Å². The smallest absolute Gasteiger partial charge is 0.303 e. The van der Waals surface area contributed by atoms with E-state index < -0.39 is 5.97 Å². The summed E-state index contributed by atoms with van der Waals surface area (Å²) in [6.45, 7) is 2.90. The first-order valence-corrected chi connectivity index (χ1v) is 11.7. The molecule has 0 aliphatic heterocycles. The Kier molecular flexibility index (Phi) is 15.4. The zero-order chi connectivity index (χ0) is 21.2. The summed E-state index contributed by atoms with van der Waals surface area (Å²) in [6.07, 6.45) is 13.7. The van der Waals surface area contributed by atoms with E-state index in [4.69, 9.17) is 9.84 Å². The molecule has 0 bridgehead atoms. The molecule has 0 saturated carbocycles. The molecule has 1 rings (SSSR count). The monoisotopic (exact) mass is 406 g/mol. The number of benzene rings is 1. The van der Waals surface area contributed by atoms with Crippen LogP contribution >= 0.6 is 0 Å². The fourth-order valence-electron chi connectivity index (χ4n) is 3.63. The molecule has 0 saturated heterocycles. The van der Waals surface area contributed by atoms with Gasteiger partial charge < -0.3 is 14.9 Å². The van der Waals surface area contributed by atoms with E-state index in [0.717, 1.165) is 57.8 Å². The van der Waals surface area contributed by atoms with Gasteiger partial charge in [0.2, 0.25) is 0 Å². The van der Waals surface area contributed by atoms with Crippen molar-refractivity contribution in [3.05, 3.63) is 35.9 Å². The van der Waals surface area contributed by atoms with Crippen LogP contribution in [-0.2, 0) is 16.1 Å². The van der Waals surface area contributed by atoms with Crippen LogP contribution in [0.3, 0.4) is 0 Å². The largest absolute Gasteiger partial charge is 0.481 e. The van der Waals surface area contributed by atoms with Gasteiger partial charge in [-0.3, -0.25) is 4.79 Å². The van der Waals surface area contributed by atoms with Gasteiger partial charge in [-0.15, -0.1) is 0 Å². The van der Waals surface area contributed by atoms with E-state index >= 15 is 0 Å². The Morgan fingerprint density at radius 1 is 0.862 bits per heavy atom. The average Bonchev–Trinajstić information content (AvgIpc) is 2.72. The molecule has 0 spiro atoms. The third kappa shape index (κ3) is 15.2. The van der Waals surface area contributed by atoms with Crippen molar-refractivity contribution in [3.63, 3.8) is 0 Å². The van der Waals surface area contributed by atoms with Crippen molar-refractivity contribution in [2.45, 2.75) is 116 Å². The molecule has 29 heavy (non-hydrogen) atoms. The van der Waals surface area contributed by atoms with Crippen LogP contribution in [0, 0.1) is 0 Å². The van der Waals surface area contributed by atoms with Gasteiger partial charge in [0.25, 0.3) is 0 Å². The molecular formula is C25H42O4. The van der Waals surface area contributed by atoms with Gasteiger partial charge >= 0.3 is 5.97 Å². The Hall–Kier alpha value is -1.39. The minimum atomic E-state index is -0.719. The standard InChI is InChI=1S/C25H42O4/c1-2-3-4-11-18-24(29-21-22-14-8-7-9-15-22)19-13-17-23(26)16-10-5-6-12-20-25(27)28/h7-9,14-15,23-24,26H,2-6,10-13,16-21H2,1H3,(H,27,28). The molecule has 2 N–H and O–H groups in total. The molecule has 2 atom stereocenters. The number of carbonyl (C=O) groups is 1. The topological polar surface area (TPSA) is 66.8 Å². The minimum absolute atomic E-state index is 0.246. The Bertz CT molecular complexity index is 503. The normalized spacial score (nSPS) is 13.3. The van der Waals surface area contributed by atoms with Crippen LogP contribution in [0.5, 0.6) is 0 Å². The van der Waals surface area contributed by atoms with Crippen LogP contribution in [-0.4, -0.2) is 28.4 Å². The number of aliphatic hydroxyl groups excluding tert-OH is 1. The SMILES string of the molecule is CCCCCCC(CCCC(O)CCCCCCC(=O)O)OCc1ccccc1. The maximum atomic E-state index is 10.5. The predicted molar refractivity (Wildman–Crippen MR) is 119 cm³/mol. The predicted octanol–water partition coefficient (Wildman–Crippen LogP) is 6.50.